The molecule has 0 unspecified atom stereocenters. The van der Waals surface area contributed by atoms with E-state index in [1.54, 1.807) is 12.4 Å². The van der Waals surface area contributed by atoms with Crippen LogP contribution in [-0.4, -0.2) is 80.3 Å². The van der Waals surface area contributed by atoms with Crippen molar-refractivity contribution < 1.29 is 32.2 Å². The van der Waals surface area contributed by atoms with Crippen LogP contribution in [0, 0.1) is 0 Å². The number of carbonyl (C=O) groups is 3. The zero-order valence-electron chi connectivity index (χ0n) is 20.7. The van der Waals surface area contributed by atoms with Crippen molar-refractivity contribution >= 4 is 73.6 Å². The van der Waals surface area contributed by atoms with Crippen molar-refractivity contribution in [2.24, 2.45) is 5.16 Å². The molecule has 0 bridgehead atoms. The topological polar surface area (TPSA) is 180 Å². The van der Waals surface area contributed by atoms with Crippen molar-refractivity contribution in [1.29, 1.82) is 0 Å². The van der Waals surface area contributed by atoms with Crippen LogP contribution in [0.25, 0.3) is 0 Å². The number of hydrogen-bond acceptors (Lipinski definition) is 11. The number of β-lactam (4-membered cyclic amide) rings is 1. The van der Waals surface area contributed by atoms with E-state index in [0.717, 1.165) is 43.4 Å². The van der Waals surface area contributed by atoms with E-state index in [-0.39, 0.29) is 27.7 Å². The van der Waals surface area contributed by atoms with Gasteiger partial charge in [-0.3, -0.25) is 23.9 Å². The van der Waals surface area contributed by atoms with Gasteiger partial charge in [0.15, 0.2) is 10.8 Å². The first-order valence-electron chi connectivity index (χ1n) is 11.7. The van der Waals surface area contributed by atoms with Crippen LogP contribution in [0.1, 0.15) is 37.8 Å². The van der Waals surface area contributed by atoms with Crippen molar-refractivity contribution in [3.05, 3.63) is 41.7 Å². The fourth-order valence-electron chi connectivity index (χ4n) is 3.76. The fraction of sp³-hybridized carbons (Fsp3) is 0.455. The molecule has 3 heterocycles. The molecule has 3 N–H and O–H groups in total. The smallest absolute Gasteiger partial charge is 0.363 e. The highest BCUT2D eigenvalue weighted by Crippen LogP contribution is 2.39. The number of thiazole rings is 1. The predicted molar refractivity (Wildman–Crippen MR) is 148 cm³/mol. The van der Waals surface area contributed by atoms with E-state index >= 15 is 0 Å². The second-order valence-electron chi connectivity index (χ2n) is 8.22. The number of nitrogens with zero attached hydrogens (tertiary/aromatic N) is 4. The summed E-state index contributed by atoms with van der Waals surface area (Å²) in [5.74, 6) is -2.55. The molecular formula is C22H27ClN6O7S3. The maximum Gasteiger partial charge on any atom is 0.363 e. The molecule has 1 saturated heterocycles. The number of hydrogen-bond donors (Lipinski definition) is 3. The minimum Gasteiger partial charge on any atom is -0.398 e. The molecule has 2 atom stereocenters. The van der Waals surface area contributed by atoms with Gasteiger partial charge in [-0.1, -0.05) is 30.5 Å². The van der Waals surface area contributed by atoms with Crippen molar-refractivity contribution in [3.8, 4) is 0 Å². The van der Waals surface area contributed by atoms with Crippen molar-refractivity contribution in [1.82, 2.24) is 19.6 Å². The number of nitrogens with one attached hydrogen (secondary N) is 2. The van der Waals surface area contributed by atoms with Gasteiger partial charge >= 0.3 is 10.3 Å². The van der Waals surface area contributed by atoms with Crippen LogP contribution in [0.2, 0.25) is 0 Å². The van der Waals surface area contributed by atoms with Gasteiger partial charge in [0, 0.05) is 23.0 Å². The molecule has 0 aromatic carbocycles. The number of thioether (sulfide) groups is 1. The predicted octanol–water partition coefficient (Wildman–Crippen LogP) is 2.27. The van der Waals surface area contributed by atoms with Crippen molar-refractivity contribution in [2.45, 2.75) is 48.8 Å². The average Bonchev–Trinajstić information content (AvgIpc) is 3.38. The summed E-state index contributed by atoms with van der Waals surface area (Å²) < 4.78 is 33.3. The number of pyridine rings is 1. The maximum absolute atomic E-state index is 12.9. The molecule has 4 rings (SSSR count). The molecule has 1 aliphatic carbocycles. The van der Waals surface area contributed by atoms with Gasteiger partial charge in [-0.05, 0) is 25.0 Å². The van der Waals surface area contributed by atoms with E-state index in [9.17, 15) is 27.4 Å². The summed E-state index contributed by atoms with van der Waals surface area (Å²) >= 11 is 7.71. The van der Waals surface area contributed by atoms with Gasteiger partial charge in [-0.25, -0.2) is 4.98 Å². The lowest BCUT2D eigenvalue weighted by Crippen LogP contribution is -2.71. The Morgan fingerprint density at radius 3 is 2.49 bits per heavy atom. The van der Waals surface area contributed by atoms with E-state index in [2.05, 4.69) is 25.8 Å². The zero-order chi connectivity index (χ0) is 28.4. The lowest BCUT2D eigenvalue weighted by molar-refractivity contribution is -0.141. The second-order valence-corrected chi connectivity index (χ2v) is 12.1. The van der Waals surface area contributed by atoms with Crippen LogP contribution in [0.5, 0.6) is 0 Å². The van der Waals surface area contributed by atoms with Crippen LogP contribution in [0.15, 0.2) is 41.1 Å². The van der Waals surface area contributed by atoms with E-state index in [0.29, 0.717) is 4.31 Å². The van der Waals surface area contributed by atoms with Crippen molar-refractivity contribution in [3.63, 3.8) is 0 Å². The first-order chi connectivity index (χ1) is 18.7. The molecule has 0 spiro atoms. The standard InChI is InChI=1S/C17H22ClN5O7S3.C5H5N/c1-30-22-12(10-8-31-17(19-10)20-11(24)7-18)14(25)21-13-15(26)23(33(27,28)29)16(13)32-9-5-3-2-4-6-9;1-2-4-6-5-3-1/h8-9,13,16H,2-7H2,1H3,(H,21,25)(H,19,20,24)(H,27,28,29);1-5H/t13-,16+;/m1./s1. The Morgan fingerprint density at radius 2 is 1.95 bits per heavy atom. The molecule has 0 radical (unpaired) electrons. The van der Waals surface area contributed by atoms with E-state index < -0.39 is 39.4 Å². The average molecular weight is 619 g/mol. The van der Waals surface area contributed by atoms with Gasteiger partial charge in [-0.15, -0.1) is 34.7 Å². The number of halogens is 1. The molecule has 3 amide bonds. The summed E-state index contributed by atoms with van der Waals surface area (Å²) in [5.41, 5.74) is -0.209. The minimum atomic E-state index is -4.78. The molecule has 1 aliphatic heterocycles. The molecule has 17 heteroatoms. The monoisotopic (exact) mass is 618 g/mol. The van der Waals surface area contributed by atoms with Crippen LogP contribution >= 0.6 is 34.7 Å². The number of rotatable bonds is 9. The number of carbonyl (C=O) groups excluding carboxylic acids is 3. The number of oxime groups is 1. The lowest BCUT2D eigenvalue weighted by atomic mass is 10.0. The Hall–Kier alpha value is -2.79. The van der Waals surface area contributed by atoms with Crippen LogP contribution in [-0.2, 0) is 29.5 Å². The third kappa shape index (κ3) is 8.60. The third-order valence-electron chi connectivity index (χ3n) is 5.50. The van der Waals surface area contributed by atoms with Gasteiger partial charge in [0.1, 0.15) is 30.1 Å². The van der Waals surface area contributed by atoms with Gasteiger partial charge < -0.3 is 15.5 Å². The van der Waals surface area contributed by atoms with E-state index in [4.69, 9.17) is 16.4 Å². The Morgan fingerprint density at radius 1 is 1.26 bits per heavy atom. The third-order valence-corrected chi connectivity index (χ3v) is 9.15. The van der Waals surface area contributed by atoms with Crippen molar-refractivity contribution in [2.75, 3.05) is 18.3 Å². The molecule has 2 fully saturated rings. The Kier molecular flexibility index (Phi) is 11.5. The van der Waals surface area contributed by atoms with Crippen LogP contribution in [0.3, 0.4) is 0 Å². The summed E-state index contributed by atoms with van der Waals surface area (Å²) in [5, 5.41) is 9.31. The van der Waals surface area contributed by atoms with E-state index in [1.165, 1.54) is 24.3 Å². The minimum absolute atomic E-state index is 0.0686. The Labute approximate surface area is 238 Å². The highest BCUT2D eigenvalue weighted by atomic mass is 35.5. The molecule has 2 aliphatic rings. The van der Waals surface area contributed by atoms with Gasteiger partial charge in [0.2, 0.25) is 5.91 Å². The maximum atomic E-state index is 12.9. The van der Waals surface area contributed by atoms with Gasteiger partial charge in [0.05, 0.1) is 0 Å². The van der Waals surface area contributed by atoms with E-state index in [1.807, 2.05) is 18.2 Å². The molecule has 39 heavy (non-hydrogen) atoms. The number of alkyl halides is 1. The van der Waals surface area contributed by atoms with Gasteiger partial charge in [-0.2, -0.15) is 12.7 Å². The van der Waals surface area contributed by atoms with Crippen LogP contribution < -0.4 is 10.6 Å². The SMILES string of the molecule is CON=C(C(=O)N[C@@H]1C(=O)N(S(=O)(=O)O)[C@H]1SC1CCCCC1)c1csc(NC(=O)CCl)n1.c1ccncc1. The summed E-state index contributed by atoms with van der Waals surface area (Å²) in [4.78, 5) is 49.4. The fourth-order valence-corrected chi connectivity index (χ4v) is 7.29. The second kappa shape index (κ2) is 14.6. The highest BCUT2D eigenvalue weighted by Gasteiger charge is 2.55. The molecule has 1 saturated carbocycles. The normalized spacial score (nSPS) is 19.8. The molecular weight excluding hydrogens is 592 g/mol. The number of amides is 3. The number of aromatic nitrogens is 2. The summed E-state index contributed by atoms with van der Waals surface area (Å²) in [6, 6.07) is 4.52. The largest absolute Gasteiger partial charge is 0.398 e. The molecule has 212 valence electrons. The summed E-state index contributed by atoms with van der Waals surface area (Å²) in [6.45, 7) is 0. The molecule has 13 nitrogen and oxygen atoms in total. The first kappa shape index (κ1) is 30.7. The number of anilines is 1. The molecule has 2 aromatic rings. The Balaban J connectivity index is 0.000000617. The summed E-state index contributed by atoms with van der Waals surface area (Å²) in [7, 11) is -3.57. The summed E-state index contributed by atoms with van der Waals surface area (Å²) in [6.07, 6.45) is 8.25. The quantitative estimate of drug-likeness (QED) is 0.124. The zero-order valence-corrected chi connectivity index (χ0v) is 23.9. The lowest BCUT2D eigenvalue weighted by Gasteiger charge is -2.45. The first-order valence-corrected chi connectivity index (χ1v) is 15.5. The molecule has 2 aromatic heterocycles. The van der Waals surface area contributed by atoms with Gasteiger partial charge in [0.25, 0.3) is 11.8 Å². The van der Waals surface area contributed by atoms with Crippen LogP contribution in [0.4, 0.5) is 5.13 Å². The Bertz CT molecular complexity index is 1250. The highest BCUT2D eigenvalue weighted by molar-refractivity contribution is 8.01.